The Labute approximate surface area is 179 Å². The SMILES string of the molecule is COC(=O)c1cc(N)c2cc(Cc3ccc(F)cc3)cnc2c1OCc1ccccc1. The van der Waals surface area contributed by atoms with Gasteiger partial charge in [0.05, 0.1) is 7.11 Å². The molecule has 2 N–H and O–H groups in total. The number of pyridine rings is 1. The molecule has 6 heteroatoms. The minimum atomic E-state index is -0.547. The quantitative estimate of drug-likeness (QED) is 0.357. The number of ether oxygens (including phenoxy) is 2. The van der Waals surface area contributed by atoms with Crippen LogP contribution in [0, 0.1) is 5.82 Å². The lowest BCUT2D eigenvalue weighted by Crippen LogP contribution is -2.09. The van der Waals surface area contributed by atoms with Crippen molar-refractivity contribution < 1.29 is 18.7 Å². The van der Waals surface area contributed by atoms with Gasteiger partial charge in [0.1, 0.15) is 23.5 Å². The molecule has 0 bridgehead atoms. The zero-order chi connectivity index (χ0) is 21.8. The van der Waals surface area contributed by atoms with E-state index in [0.29, 0.717) is 28.8 Å². The van der Waals surface area contributed by atoms with E-state index in [2.05, 4.69) is 4.98 Å². The standard InChI is InChI=1S/C25H21FN2O3/c1-30-25(29)21-13-22(27)20-12-18(11-16-7-9-19(26)10-8-16)14-28-23(20)24(21)31-15-17-5-3-2-4-6-17/h2-10,12-14H,11,15,27H2,1H3. The van der Waals surface area contributed by atoms with Crippen LogP contribution in [0.25, 0.3) is 10.9 Å². The van der Waals surface area contributed by atoms with Gasteiger partial charge in [0, 0.05) is 17.3 Å². The third kappa shape index (κ3) is 4.48. The Balaban J connectivity index is 1.74. The summed E-state index contributed by atoms with van der Waals surface area (Å²) in [6.45, 7) is 0.267. The Morgan fingerprint density at radius 2 is 1.74 bits per heavy atom. The Bertz CT molecular complexity index is 1230. The number of hydrogen-bond donors (Lipinski definition) is 1. The minimum Gasteiger partial charge on any atom is -0.486 e. The van der Waals surface area contributed by atoms with Crippen LogP contribution >= 0.6 is 0 Å². The number of esters is 1. The summed E-state index contributed by atoms with van der Waals surface area (Å²) in [6, 6.07) is 19.4. The first-order valence-electron chi connectivity index (χ1n) is 9.75. The van der Waals surface area contributed by atoms with Gasteiger partial charge in [0.25, 0.3) is 0 Å². The Morgan fingerprint density at radius 1 is 1.00 bits per heavy atom. The highest BCUT2D eigenvalue weighted by Crippen LogP contribution is 2.34. The first-order valence-corrected chi connectivity index (χ1v) is 9.75. The lowest BCUT2D eigenvalue weighted by molar-refractivity contribution is 0.0596. The molecule has 0 amide bonds. The fraction of sp³-hybridized carbons (Fsp3) is 0.120. The maximum absolute atomic E-state index is 13.2. The van der Waals surface area contributed by atoms with Crippen LogP contribution in [-0.2, 0) is 17.8 Å². The van der Waals surface area contributed by atoms with Crippen molar-refractivity contribution in [2.45, 2.75) is 13.0 Å². The molecule has 0 atom stereocenters. The van der Waals surface area contributed by atoms with Crippen molar-refractivity contribution in [1.82, 2.24) is 4.98 Å². The molecule has 4 rings (SSSR count). The molecule has 5 nitrogen and oxygen atoms in total. The number of carbonyl (C=O) groups is 1. The van der Waals surface area contributed by atoms with Gasteiger partial charge in [-0.05, 0) is 47.4 Å². The summed E-state index contributed by atoms with van der Waals surface area (Å²) in [5.41, 5.74) is 10.2. The number of halogens is 1. The van der Waals surface area contributed by atoms with Crippen LogP contribution in [0.5, 0.6) is 5.75 Å². The van der Waals surface area contributed by atoms with Crippen LogP contribution in [0.4, 0.5) is 10.1 Å². The molecular weight excluding hydrogens is 395 g/mol. The van der Waals surface area contributed by atoms with Crippen LogP contribution in [0.3, 0.4) is 0 Å². The van der Waals surface area contributed by atoms with Gasteiger partial charge in [-0.2, -0.15) is 0 Å². The molecule has 1 aromatic heterocycles. The summed E-state index contributed by atoms with van der Waals surface area (Å²) < 4.78 is 24.1. The third-order valence-corrected chi connectivity index (χ3v) is 4.97. The second-order valence-electron chi connectivity index (χ2n) is 7.15. The van der Waals surface area contributed by atoms with E-state index in [-0.39, 0.29) is 18.0 Å². The molecule has 4 aromatic rings. The van der Waals surface area contributed by atoms with Crippen molar-refractivity contribution >= 4 is 22.6 Å². The summed E-state index contributed by atoms with van der Waals surface area (Å²) in [5, 5.41) is 0.676. The predicted octanol–water partition coefficient (Wildman–Crippen LogP) is 4.91. The van der Waals surface area contributed by atoms with Gasteiger partial charge in [-0.15, -0.1) is 0 Å². The smallest absolute Gasteiger partial charge is 0.341 e. The van der Waals surface area contributed by atoms with Crippen molar-refractivity contribution in [2.75, 3.05) is 12.8 Å². The minimum absolute atomic E-state index is 0.224. The molecule has 31 heavy (non-hydrogen) atoms. The van der Waals surface area contributed by atoms with Crippen LogP contribution < -0.4 is 10.5 Å². The van der Waals surface area contributed by atoms with Gasteiger partial charge >= 0.3 is 5.97 Å². The van der Waals surface area contributed by atoms with E-state index in [1.54, 1.807) is 24.4 Å². The number of nitrogens with two attached hydrogens (primary N) is 1. The van der Waals surface area contributed by atoms with Gasteiger partial charge in [-0.25, -0.2) is 9.18 Å². The largest absolute Gasteiger partial charge is 0.486 e. The van der Waals surface area contributed by atoms with Gasteiger partial charge in [0.15, 0.2) is 5.75 Å². The normalized spacial score (nSPS) is 10.8. The van der Waals surface area contributed by atoms with Crippen molar-refractivity contribution in [3.8, 4) is 5.75 Å². The third-order valence-electron chi connectivity index (χ3n) is 4.97. The number of methoxy groups -OCH3 is 1. The summed E-state index contributed by atoms with van der Waals surface area (Å²) in [4.78, 5) is 16.9. The number of benzene rings is 3. The maximum Gasteiger partial charge on any atom is 0.341 e. The van der Waals surface area contributed by atoms with Crippen molar-refractivity contribution in [1.29, 1.82) is 0 Å². The molecule has 1 heterocycles. The van der Waals surface area contributed by atoms with Crippen LogP contribution in [-0.4, -0.2) is 18.1 Å². The van der Waals surface area contributed by atoms with E-state index < -0.39 is 5.97 Å². The van der Waals surface area contributed by atoms with E-state index >= 15 is 0 Å². The van der Waals surface area contributed by atoms with Gasteiger partial charge in [0.2, 0.25) is 0 Å². The van der Waals surface area contributed by atoms with Gasteiger partial charge in [-0.1, -0.05) is 42.5 Å². The number of rotatable bonds is 6. The second-order valence-corrected chi connectivity index (χ2v) is 7.15. The predicted molar refractivity (Wildman–Crippen MR) is 117 cm³/mol. The molecule has 0 aliphatic heterocycles. The van der Waals surface area contributed by atoms with Crippen molar-refractivity contribution in [3.05, 3.63) is 101 Å². The van der Waals surface area contributed by atoms with E-state index in [9.17, 15) is 9.18 Å². The van der Waals surface area contributed by atoms with E-state index in [1.807, 2.05) is 36.4 Å². The Kier molecular flexibility index (Phi) is 5.80. The molecule has 0 saturated carbocycles. The first kappa shape index (κ1) is 20.3. The lowest BCUT2D eigenvalue weighted by atomic mass is 10.0. The monoisotopic (exact) mass is 416 g/mol. The number of carbonyl (C=O) groups excluding carboxylic acids is 1. The van der Waals surface area contributed by atoms with E-state index in [0.717, 1.165) is 16.7 Å². The van der Waals surface area contributed by atoms with E-state index in [4.69, 9.17) is 15.2 Å². The van der Waals surface area contributed by atoms with Crippen molar-refractivity contribution in [2.24, 2.45) is 0 Å². The number of fused-ring (bicyclic) bond motifs is 1. The first-order chi connectivity index (χ1) is 15.0. The number of nitrogen functional groups attached to an aromatic ring is 1. The van der Waals surface area contributed by atoms with E-state index in [1.165, 1.54) is 19.2 Å². The fourth-order valence-corrected chi connectivity index (χ4v) is 3.41. The highest BCUT2D eigenvalue weighted by molar-refractivity contribution is 6.04. The number of aromatic nitrogens is 1. The average molecular weight is 416 g/mol. The molecule has 3 aromatic carbocycles. The summed E-state index contributed by atoms with van der Waals surface area (Å²) in [6.07, 6.45) is 2.28. The van der Waals surface area contributed by atoms with Crippen molar-refractivity contribution in [3.63, 3.8) is 0 Å². The number of nitrogens with zero attached hydrogens (tertiary/aromatic N) is 1. The fourth-order valence-electron chi connectivity index (χ4n) is 3.41. The maximum atomic E-state index is 13.2. The topological polar surface area (TPSA) is 74.4 Å². The summed E-state index contributed by atoms with van der Waals surface area (Å²) in [7, 11) is 1.31. The van der Waals surface area contributed by atoms with Crippen LogP contribution in [0.1, 0.15) is 27.0 Å². The molecule has 0 fully saturated rings. The van der Waals surface area contributed by atoms with Gasteiger partial charge in [-0.3, -0.25) is 4.98 Å². The molecule has 156 valence electrons. The number of anilines is 1. The second kappa shape index (κ2) is 8.83. The zero-order valence-electron chi connectivity index (χ0n) is 17.0. The molecule has 0 aliphatic carbocycles. The molecule has 0 radical (unpaired) electrons. The highest BCUT2D eigenvalue weighted by Gasteiger charge is 2.20. The highest BCUT2D eigenvalue weighted by atomic mass is 19.1. The Hall–Kier alpha value is -3.93. The lowest BCUT2D eigenvalue weighted by Gasteiger charge is -2.15. The van der Waals surface area contributed by atoms with Crippen LogP contribution in [0.15, 0.2) is 72.9 Å². The molecule has 0 saturated heterocycles. The molecule has 0 spiro atoms. The summed E-state index contributed by atoms with van der Waals surface area (Å²) in [5.74, 6) is -0.498. The Morgan fingerprint density at radius 3 is 2.45 bits per heavy atom. The zero-order valence-corrected chi connectivity index (χ0v) is 17.0. The van der Waals surface area contributed by atoms with Crippen LogP contribution in [0.2, 0.25) is 0 Å². The molecule has 0 unspecified atom stereocenters. The average Bonchev–Trinajstić information content (AvgIpc) is 2.80. The molecular formula is C25H21FN2O3. The van der Waals surface area contributed by atoms with Gasteiger partial charge < -0.3 is 15.2 Å². The number of hydrogen-bond acceptors (Lipinski definition) is 5. The summed E-state index contributed by atoms with van der Waals surface area (Å²) >= 11 is 0. The molecule has 0 aliphatic rings.